The van der Waals surface area contributed by atoms with Gasteiger partial charge in [-0.15, -0.1) is 0 Å². The van der Waals surface area contributed by atoms with E-state index in [1.807, 2.05) is 6.07 Å². The first-order valence-electron chi connectivity index (χ1n) is 7.59. The van der Waals surface area contributed by atoms with Crippen molar-refractivity contribution in [3.63, 3.8) is 0 Å². The lowest BCUT2D eigenvalue weighted by atomic mass is 10.1. The molecule has 1 heterocycles. The minimum absolute atomic E-state index is 0.334. The number of hydrogen-bond donors (Lipinski definition) is 1. The second kappa shape index (κ2) is 7.50. The highest BCUT2D eigenvalue weighted by molar-refractivity contribution is 5.45. The van der Waals surface area contributed by atoms with Crippen LogP contribution < -0.4 is 14.8 Å². The maximum Gasteiger partial charge on any atom is 0.231 e. The second-order valence-corrected chi connectivity index (χ2v) is 5.17. The molecule has 0 bridgehead atoms. The van der Waals surface area contributed by atoms with Gasteiger partial charge in [0.25, 0.3) is 0 Å². The molecule has 112 valence electrons. The van der Waals surface area contributed by atoms with Crippen molar-refractivity contribution in [2.75, 3.05) is 33.0 Å². The van der Waals surface area contributed by atoms with Crippen LogP contribution in [0, 0.1) is 0 Å². The number of rotatable bonds is 8. The van der Waals surface area contributed by atoms with E-state index in [1.54, 1.807) is 0 Å². The Morgan fingerprint density at radius 3 is 2.70 bits per heavy atom. The van der Waals surface area contributed by atoms with Crippen molar-refractivity contribution in [2.45, 2.75) is 33.2 Å². The van der Waals surface area contributed by atoms with Gasteiger partial charge in [-0.3, -0.25) is 0 Å². The fourth-order valence-electron chi connectivity index (χ4n) is 2.46. The first-order valence-corrected chi connectivity index (χ1v) is 7.59. The average molecular weight is 278 g/mol. The van der Waals surface area contributed by atoms with Crippen LogP contribution in [-0.4, -0.2) is 37.9 Å². The minimum Gasteiger partial charge on any atom is -0.454 e. The van der Waals surface area contributed by atoms with E-state index in [1.165, 1.54) is 12.0 Å². The van der Waals surface area contributed by atoms with E-state index in [0.29, 0.717) is 12.8 Å². The van der Waals surface area contributed by atoms with E-state index in [9.17, 15) is 0 Å². The van der Waals surface area contributed by atoms with Crippen LogP contribution in [0.3, 0.4) is 0 Å². The molecule has 4 heteroatoms. The third-order valence-electron chi connectivity index (χ3n) is 3.89. The molecular weight excluding hydrogens is 252 g/mol. The summed E-state index contributed by atoms with van der Waals surface area (Å²) in [6, 6.07) is 6.51. The smallest absolute Gasteiger partial charge is 0.231 e. The SMILES string of the molecule is CCN(CC)CCCNC(C)c1ccc2c(c1)OCO2. The van der Waals surface area contributed by atoms with Gasteiger partial charge in [0.15, 0.2) is 11.5 Å². The normalized spacial score (nSPS) is 14.8. The van der Waals surface area contributed by atoms with E-state index in [-0.39, 0.29) is 0 Å². The summed E-state index contributed by atoms with van der Waals surface area (Å²) in [5, 5.41) is 3.57. The molecule has 1 aliphatic rings. The molecule has 0 fully saturated rings. The van der Waals surface area contributed by atoms with Crippen LogP contribution in [0.1, 0.15) is 38.8 Å². The predicted molar refractivity (Wildman–Crippen MR) is 81.4 cm³/mol. The number of nitrogens with one attached hydrogen (secondary N) is 1. The Hall–Kier alpha value is -1.26. The number of fused-ring (bicyclic) bond motifs is 1. The largest absolute Gasteiger partial charge is 0.454 e. The number of benzene rings is 1. The van der Waals surface area contributed by atoms with Crippen LogP contribution in [0.25, 0.3) is 0 Å². The number of hydrogen-bond acceptors (Lipinski definition) is 4. The summed E-state index contributed by atoms with van der Waals surface area (Å²) in [5.74, 6) is 1.71. The lowest BCUT2D eigenvalue weighted by Gasteiger charge is -2.19. The summed E-state index contributed by atoms with van der Waals surface area (Å²) in [6.07, 6.45) is 1.18. The highest BCUT2D eigenvalue weighted by Gasteiger charge is 2.15. The van der Waals surface area contributed by atoms with Crippen molar-refractivity contribution in [3.8, 4) is 11.5 Å². The summed E-state index contributed by atoms with van der Waals surface area (Å²) in [7, 11) is 0. The van der Waals surface area contributed by atoms with Crippen molar-refractivity contribution < 1.29 is 9.47 Å². The van der Waals surface area contributed by atoms with Crippen LogP contribution in [0.2, 0.25) is 0 Å². The zero-order valence-electron chi connectivity index (χ0n) is 12.8. The van der Waals surface area contributed by atoms with Gasteiger partial charge in [-0.2, -0.15) is 0 Å². The highest BCUT2D eigenvalue weighted by atomic mass is 16.7. The fourth-order valence-corrected chi connectivity index (χ4v) is 2.46. The summed E-state index contributed by atoms with van der Waals surface area (Å²) in [5.41, 5.74) is 1.25. The monoisotopic (exact) mass is 278 g/mol. The molecule has 1 aromatic rings. The van der Waals surface area contributed by atoms with Gasteiger partial charge in [0.2, 0.25) is 6.79 Å². The molecule has 20 heavy (non-hydrogen) atoms. The highest BCUT2D eigenvalue weighted by Crippen LogP contribution is 2.34. The van der Waals surface area contributed by atoms with E-state index < -0.39 is 0 Å². The predicted octanol–water partition coefficient (Wildman–Crippen LogP) is 2.80. The van der Waals surface area contributed by atoms with Crippen molar-refractivity contribution in [1.82, 2.24) is 10.2 Å². The Kier molecular flexibility index (Phi) is 5.68. The lowest BCUT2D eigenvalue weighted by molar-refractivity contribution is 0.174. The molecule has 0 saturated carbocycles. The van der Waals surface area contributed by atoms with E-state index in [4.69, 9.17) is 9.47 Å². The molecule has 0 amide bonds. The Balaban J connectivity index is 1.76. The van der Waals surface area contributed by atoms with Crippen molar-refractivity contribution in [2.24, 2.45) is 0 Å². The average Bonchev–Trinajstić information content (AvgIpc) is 2.94. The van der Waals surface area contributed by atoms with Crippen molar-refractivity contribution >= 4 is 0 Å². The molecule has 1 unspecified atom stereocenters. The van der Waals surface area contributed by atoms with Gasteiger partial charge >= 0.3 is 0 Å². The molecule has 2 rings (SSSR count). The number of nitrogens with zero attached hydrogens (tertiary/aromatic N) is 1. The van der Waals surface area contributed by atoms with Crippen LogP contribution in [0.5, 0.6) is 11.5 Å². The summed E-state index contributed by atoms with van der Waals surface area (Å²) in [6.45, 7) is 11.4. The van der Waals surface area contributed by atoms with Gasteiger partial charge in [-0.1, -0.05) is 19.9 Å². The first kappa shape index (κ1) is 15.1. The standard InChI is InChI=1S/C16H26N2O2/c1-4-18(5-2)10-6-9-17-13(3)14-7-8-15-16(11-14)20-12-19-15/h7-8,11,13,17H,4-6,9-10,12H2,1-3H3. The van der Waals surface area contributed by atoms with Gasteiger partial charge in [-0.05, 0) is 57.2 Å². The van der Waals surface area contributed by atoms with Crippen LogP contribution in [-0.2, 0) is 0 Å². The molecule has 0 aromatic heterocycles. The zero-order valence-corrected chi connectivity index (χ0v) is 12.8. The van der Waals surface area contributed by atoms with E-state index in [0.717, 1.165) is 37.7 Å². The molecule has 1 N–H and O–H groups in total. The van der Waals surface area contributed by atoms with Gasteiger partial charge in [-0.25, -0.2) is 0 Å². The summed E-state index contributed by atoms with van der Waals surface area (Å²) >= 11 is 0. The minimum atomic E-state index is 0.334. The van der Waals surface area contributed by atoms with Gasteiger partial charge in [0, 0.05) is 6.04 Å². The van der Waals surface area contributed by atoms with E-state index in [2.05, 4.69) is 43.1 Å². The number of ether oxygens (including phenoxy) is 2. The third kappa shape index (κ3) is 3.87. The van der Waals surface area contributed by atoms with Gasteiger partial charge in [0.05, 0.1) is 0 Å². The molecule has 1 atom stereocenters. The second-order valence-electron chi connectivity index (χ2n) is 5.17. The third-order valence-corrected chi connectivity index (χ3v) is 3.89. The van der Waals surface area contributed by atoms with Crippen LogP contribution >= 0.6 is 0 Å². The Labute approximate surface area is 122 Å². The molecule has 0 radical (unpaired) electrons. The van der Waals surface area contributed by atoms with Crippen molar-refractivity contribution in [1.29, 1.82) is 0 Å². The summed E-state index contributed by atoms with van der Waals surface area (Å²) in [4.78, 5) is 2.45. The molecule has 0 saturated heterocycles. The van der Waals surface area contributed by atoms with Gasteiger partial charge < -0.3 is 19.7 Å². The zero-order chi connectivity index (χ0) is 14.4. The van der Waals surface area contributed by atoms with Gasteiger partial charge in [0.1, 0.15) is 0 Å². The first-order chi connectivity index (χ1) is 9.74. The maximum atomic E-state index is 5.42. The molecule has 1 aliphatic heterocycles. The van der Waals surface area contributed by atoms with Crippen LogP contribution in [0.15, 0.2) is 18.2 Å². The Morgan fingerprint density at radius 2 is 1.95 bits per heavy atom. The molecule has 4 nitrogen and oxygen atoms in total. The Morgan fingerprint density at radius 1 is 1.20 bits per heavy atom. The van der Waals surface area contributed by atoms with E-state index >= 15 is 0 Å². The molecule has 1 aromatic carbocycles. The fraction of sp³-hybridized carbons (Fsp3) is 0.625. The summed E-state index contributed by atoms with van der Waals surface area (Å²) < 4.78 is 10.8. The Bertz CT molecular complexity index is 419. The van der Waals surface area contributed by atoms with Crippen molar-refractivity contribution in [3.05, 3.63) is 23.8 Å². The molecule has 0 aliphatic carbocycles. The van der Waals surface area contributed by atoms with Crippen LogP contribution in [0.4, 0.5) is 0 Å². The topological polar surface area (TPSA) is 33.7 Å². The quantitative estimate of drug-likeness (QED) is 0.741. The molecule has 0 spiro atoms. The lowest BCUT2D eigenvalue weighted by Crippen LogP contribution is -2.28. The molecular formula is C16H26N2O2. The maximum absolute atomic E-state index is 5.42.